The van der Waals surface area contributed by atoms with Crippen molar-refractivity contribution in [3.63, 3.8) is 0 Å². The fourth-order valence-corrected chi connectivity index (χ4v) is 2.25. The quantitative estimate of drug-likeness (QED) is 0.900. The van der Waals surface area contributed by atoms with Crippen LogP contribution in [0.3, 0.4) is 0 Å². The third kappa shape index (κ3) is 4.34. The second-order valence-corrected chi connectivity index (χ2v) is 5.06. The van der Waals surface area contributed by atoms with Gasteiger partial charge in [-0.2, -0.15) is 13.2 Å². The number of halogens is 4. The predicted molar refractivity (Wildman–Crippen MR) is 77.6 cm³/mol. The first-order valence-electron chi connectivity index (χ1n) is 6.62. The first-order valence-corrected chi connectivity index (χ1v) is 6.62. The molecule has 1 heterocycles. The lowest BCUT2D eigenvalue weighted by Gasteiger charge is -2.34. The first-order chi connectivity index (χ1) is 9.79. The summed E-state index contributed by atoms with van der Waals surface area (Å²) in [5.41, 5.74) is 5.24. The van der Waals surface area contributed by atoms with Gasteiger partial charge in [-0.3, -0.25) is 4.79 Å². The SMILES string of the molecule is C[C@@H](N)C(=O)N1CCOC(c2cccc(C(F)(F)F)c2)C1.Cl. The van der Waals surface area contributed by atoms with E-state index in [1.54, 1.807) is 13.0 Å². The lowest BCUT2D eigenvalue weighted by molar-refractivity contribution is -0.141. The molecule has 1 amide bonds. The number of hydrogen-bond donors (Lipinski definition) is 1. The Hall–Kier alpha value is -1.31. The van der Waals surface area contributed by atoms with Crippen LogP contribution in [0.25, 0.3) is 0 Å². The molecule has 1 aromatic rings. The van der Waals surface area contributed by atoms with Crippen LogP contribution in [0.4, 0.5) is 13.2 Å². The Morgan fingerprint density at radius 1 is 1.45 bits per heavy atom. The van der Waals surface area contributed by atoms with E-state index in [4.69, 9.17) is 10.5 Å². The van der Waals surface area contributed by atoms with Gasteiger partial charge in [0.1, 0.15) is 6.10 Å². The van der Waals surface area contributed by atoms with E-state index in [2.05, 4.69) is 0 Å². The minimum Gasteiger partial charge on any atom is -0.370 e. The molecule has 4 nitrogen and oxygen atoms in total. The van der Waals surface area contributed by atoms with E-state index in [-0.39, 0.29) is 31.5 Å². The number of nitrogens with two attached hydrogens (primary N) is 1. The zero-order valence-corrected chi connectivity index (χ0v) is 12.8. The Morgan fingerprint density at radius 3 is 2.73 bits per heavy atom. The molecule has 1 unspecified atom stereocenters. The van der Waals surface area contributed by atoms with E-state index < -0.39 is 23.9 Å². The number of nitrogens with zero attached hydrogens (tertiary/aromatic N) is 1. The van der Waals surface area contributed by atoms with Crippen molar-refractivity contribution in [1.29, 1.82) is 0 Å². The van der Waals surface area contributed by atoms with E-state index in [9.17, 15) is 18.0 Å². The van der Waals surface area contributed by atoms with Crippen LogP contribution in [0.15, 0.2) is 24.3 Å². The number of carbonyl (C=O) groups is 1. The topological polar surface area (TPSA) is 55.6 Å². The van der Waals surface area contributed by atoms with Crippen molar-refractivity contribution in [3.05, 3.63) is 35.4 Å². The van der Waals surface area contributed by atoms with E-state index in [1.165, 1.54) is 11.0 Å². The van der Waals surface area contributed by atoms with Gasteiger partial charge in [0, 0.05) is 6.54 Å². The highest BCUT2D eigenvalue weighted by Gasteiger charge is 2.32. The fraction of sp³-hybridized carbons (Fsp3) is 0.500. The summed E-state index contributed by atoms with van der Waals surface area (Å²) in [6, 6.07) is 4.35. The number of amides is 1. The molecule has 8 heteroatoms. The Balaban J connectivity index is 0.00000242. The van der Waals surface area contributed by atoms with Crippen LogP contribution in [0.2, 0.25) is 0 Å². The number of rotatable bonds is 2. The van der Waals surface area contributed by atoms with Gasteiger partial charge in [-0.25, -0.2) is 0 Å². The summed E-state index contributed by atoms with van der Waals surface area (Å²) in [5.74, 6) is -0.227. The van der Waals surface area contributed by atoms with Crippen LogP contribution < -0.4 is 5.73 Å². The summed E-state index contributed by atoms with van der Waals surface area (Å²) in [6.45, 7) is 2.47. The normalized spacial score (nSPS) is 20.2. The molecular formula is C14H18ClF3N2O2. The molecule has 0 saturated carbocycles. The van der Waals surface area contributed by atoms with Gasteiger partial charge in [-0.1, -0.05) is 12.1 Å². The number of alkyl halides is 3. The number of carbonyl (C=O) groups excluding carboxylic acids is 1. The number of morpholine rings is 1. The monoisotopic (exact) mass is 338 g/mol. The summed E-state index contributed by atoms with van der Waals surface area (Å²) in [5, 5.41) is 0. The maximum Gasteiger partial charge on any atom is 0.416 e. The standard InChI is InChI=1S/C14H17F3N2O2.ClH/c1-9(18)13(20)19-5-6-21-12(8-19)10-3-2-4-11(7-10)14(15,16)17;/h2-4,7,9,12H,5-6,8,18H2,1H3;1H/t9-,12?;/m1./s1. The zero-order valence-electron chi connectivity index (χ0n) is 12.0. The minimum absolute atomic E-state index is 0. The molecule has 22 heavy (non-hydrogen) atoms. The number of hydrogen-bond acceptors (Lipinski definition) is 3. The van der Waals surface area contributed by atoms with Crippen LogP contribution in [-0.2, 0) is 15.7 Å². The van der Waals surface area contributed by atoms with E-state index >= 15 is 0 Å². The average molecular weight is 339 g/mol. The second kappa shape index (κ2) is 7.30. The molecule has 0 aliphatic carbocycles. The van der Waals surface area contributed by atoms with Gasteiger partial charge in [-0.15, -0.1) is 12.4 Å². The number of ether oxygens (including phenoxy) is 1. The van der Waals surface area contributed by atoms with Crippen LogP contribution >= 0.6 is 12.4 Å². The Bertz CT molecular complexity index is 523. The molecule has 1 aromatic carbocycles. The molecule has 2 N–H and O–H groups in total. The highest BCUT2D eigenvalue weighted by Crippen LogP contribution is 2.32. The molecular weight excluding hydrogens is 321 g/mol. The van der Waals surface area contributed by atoms with Gasteiger partial charge in [0.05, 0.1) is 24.8 Å². The van der Waals surface area contributed by atoms with Gasteiger partial charge in [0.2, 0.25) is 5.91 Å². The van der Waals surface area contributed by atoms with E-state index in [0.717, 1.165) is 12.1 Å². The molecule has 1 fully saturated rings. The lowest BCUT2D eigenvalue weighted by atomic mass is 10.0. The summed E-state index contributed by atoms with van der Waals surface area (Å²) >= 11 is 0. The smallest absolute Gasteiger partial charge is 0.370 e. The highest BCUT2D eigenvalue weighted by atomic mass is 35.5. The van der Waals surface area contributed by atoms with Gasteiger partial charge < -0.3 is 15.4 Å². The molecule has 0 bridgehead atoms. The van der Waals surface area contributed by atoms with Crippen molar-refractivity contribution in [2.75, 3.05) is 19.7 Å². The van der Waals surface area contributed by atoms with Crippen molar-refractivity contribution in [3.8, 4) is 0 Å². The van der Waals surface area contributed by atoms with Crippen LogP contribution in [-0.4, -0.2) is 36.5 Å². The Morgan fingerprint density at radius 2 is 2.14 bits per heavy atom. The van der Waals surface area contributed by atoms with Crippen LogP contribution in [0, 0.1) is 0 Å². The van der Waals surface area contributed by atoms with Gasteiger partial charge in [0.25, 0.3) is 0 Å². The molecule has 0 aromatic heterocycles. The molecule has 1 saturated heterocycles. The third-order valence-corrected chi connectivity index (χ3v) is 3.35. The summed E-state index contributed by atoms with van der Waals surface area (Å²) in [7, 11) is 0. The van der Waals surface area contributed by atoms with Gasteiger partial charge in [-0.05, 0) is 24.6 Å². The van der Waals surface area contributed by atoms with Crippen molar-refractivity contribution < 1.29 is 22.7 Å². The van der Waals surface area contributed by atoms with Crippen LogP contribution in [0.5, 0.6) is 0 Å². The van der Waals surface area contributed by atoms with E-state index in [0.29, 0.717) is 12.1 Å². The molecule has 2 rings (SSSR count). The van der Waals surface area contributed by atoms with Crippen LogP contribution in [0.1, 0.15) is 24.2 Å². The maximum atomic E-state index is 12.7. The fourth-order valence-electron chi connectivity index (χ4n) is 2.25. The first kappa shape index (κ1) is 18.7. The molecule has 1 aliphatic rings. The van der Waals surface area contributed by atoms with Crippen molar-refractivity contribution in [1.82, 2.24) is 4.90 Å². The highest BCUT2D eigenvalue weighted by molar-refractivity contribution is 5.85. The van der Waals surface area contributed by atoms with Crippen molar-refractivity contribution in [2.24, 2.45) is 5.73 Å². The number of benzene rings is 1. The molecule has 0 radical (unpaired) electrons. The second-order valence-electron chi connectivity index (χ2n) is 5.06. The minimum atomic E-state index is -4.40. The van der Waals surface area contributed by atoms with Crippen molar-refractivity contribution >= 4 is 18.3 Å². The lowest BCUT2D eigenvalue weighted by Crippen LogP contribution is -2.48. The Labute approximate surface area is 132 Å². The maximum absolute atomic E-state index is 12.7. The Kier molecular flexibility index (Phi) is 6.22. The zero-order chi connectivity index (χ0) is 15.6. The average Bonchev–Trinajstić information content (AvgIpc) is 2.46. The van der Waals surface area contributed by atoms with Gasteiger partial charge in [0.15, 0.2) is 0 Å². The summed E-state index contributed by atoms with van der Waals surface area (Å²) in [6.07, 6.45) is -4.96. The summed E-state index contributed by atoms with van der Waals surface area (Å²) in [4.78, 5) is 13.4. The molecule has 124 valence electrons. The predicted octanol–water partition coefficient (Wildman–Crippen LogP) is 2.37. The summed E-state index contributed by atoms with van der Waals surface area (Å²) < 4.78 is 43.7. The van der Waals surface area contributed by atoms with Gasteiger partial charge >= 0.3 is 6.18 Å². The largest absolute Gasteiger partial charge is 0.416 e. The van der Waals surface area contributed by atoms with Crippen molar-refractivity contribution in [2.45, 2.75) is 25.2 Å². The molecule has 1 aliphatic heterocycles. The molecule has 2 atom stereocenters. The molecule has 0 spiro atoms. The van der Waals surface area contributed by atoms with E-state index in [1.807, 2.05) is 0 Å². The third-order valence-electron chi connectivity index (χ3n) is 3.35.